The van der Waals surface area contributed by atoms with Crippen molar-refractivity contribution >= 4 is 6.03 Å². The number of rotatable bonds is 7. The van der Waals surface area contributed by atoms with E-state index in [1.165, 1.54) is 5.56 Å². The van der Waals surface area contributed by atoms with Gasteiger partial charge in [-0.1, -0.05) is 39.0 Å². The Kier molecular flexibility index (Phi) is 6.83. The quantitative estimate of drug-likeness (QED) is 0.746. The van der Waals surface area contributed by atoms with Crippen LogP contribution in [0.3, 0.4) is 0 Å². The van der Waals surface area contributed by atoms with Gasteiger partial charge in [0.15, 0.2) is 0 Å². The van der Waals surface area contributed by atoms with Crippen LogP contribution in [0.2, 0.25) is 0 Å². The number of aromatic nitrogens is 1. The monoisotopic (exact) mass is 357 g/mol. The van der Waals surface area contributed by atoms with Gasteiger partial charge in [-0.3, -0.25) is 0 Å². The standard InChI is InChI=1S/C20H27N3O3/c1-20(2,3)16-6-8-17(9-7-16)26-12-11-21-19(24)23-14-15-5-10-18(25-4)22-13-15/h5-10,13H,11-12,14H2,1-4H3,(H2,21,23,24). The maximum Gasteiger partial charge on any atom is 0.315 e. The van der Waals surface area contributed by atoms with Gasteiger partial charge in [0.25, 0.3) is 0 Å². The van der Waals surface area contributed by atoms with Crippen LogP contribution in [0.4, 0.5) is 4.79 Å². The fourth-order valence-electron chi connectivity index (χ4n) is 2.27. The Bertz CT molecular complexity index is 692. The molecule has 6 nitrogen and oxygen atoms in total. The molecule has 2 aromatic rings. The van der Waals surface area contributed by atoms with Gasteiger partial charge in [0.05, 0.1) is 13.7 Å². The summed E-state index contributed by atoms with van der Waals surface area (Å²) in [5, 5.41) is 5.53. The number of hydrogen-bond donors (Lipinski definition) is 2. The van der Waals surface area contributed by atoms with Crippen LogP contribution in [0.25, 0.3) is 0 Å². The molecule has 0 radical (unpaired) electrons. The Labute approximate surface area is 154 Å². The Morgan fingerprint density at radius 2 is 1.81 bits per heavy atom. The molecule has 0 atom stereocenters. The second-order valence-corrected chi connectivity index (χ2v) is 6.94. The lowest BCUT2D eigenvalue weighted by Gasteiger charge is -2.19. The number of benzene rings is 1. The van der Waals surface area contributed by atoms with E-state index >= 15 is 0 Å². The zero-order valence-corrected chi connectivity index (χ0v) is 15.8. The number of urea groups is 1. The van der Waals surface area contributed by atoms with E-state index in [0.29, 0.717) is 25.6 Å². The molecule has 0 fully saturated rings. The van der Waals surface area contributed by atoms with Crippen LogP contribution in [-0.4, -0.2) is 31.3 Å². The van der Waals surface area contributed by atoms with Crippen LogP contribution >= 0.6 is 0 Å². The van der Waals surface area contributed by atoms with Crippen LogP contribution in [0.1, 0.15) is 31.9 Å². The number of amides is 2. The van der Waals surface area contributed by atoms with Gasteiger partial charge in [-0.25, -0.2) is 9.78 Å². The lowest BCUT2D eigenvalue weighted by Crippen LogP contribution is -2.37. The summed E-state index contributed by atoms with van der Waals surface area (Å²) < 4.78 is 10.6. The van der Waals surface area contributed by atoms with Crippen molar-refractivity contribution in [2.45, 2.75) is 32.7 Å². The van der Waals surface area contributed by atoms with Crippen molar-refractivity contribution in [3.63, 3.8) is 0 Å². The molecule has 0 unspecified atom stereocenters. The third-order valence-corrected chi connectivity index (χ3v) is 3.84. The van der Waals surface area contributed by atoms with Gasteiger partial charge >= 0.3 is 6.03 Å². The van der Waals surface area contributed by atoms with Crippen molar-refractivity contribution in [2.75, 3.05) is 20.3 Å². The van der Waals surface area contributed by atoms with Crippen LogP contribution in [0.5, 0.6) is 11.6 Å². The summed E-state index contributed by atoms with van der Waals surface area (Å²) in [5.74, 6) is 1.34. The van der Waals surface area contributed by atoms with E-state index in [0.717, 1.165) is 11.3 Å². The van der Waals surface area contributed by atoms with Crippen LogP contribution in [0.15, 0.2) is 42.6 Å². The molecule has 0 aliphatic rings. The first-order valence-electron chi connectivity index (χ1n) is 8.62. The Morgan fingerprint density at radius 3 is 2.38 bits per heavy atom. The molecular formula is C20H27N3O3. The molecule has 0 saturated heterocycles. The Morgan fingerprint density at radius 1 is 1.08 bits per heavy atom. The highest BCUT2D eigenvalue weighted by Gasteiger charge is 2.12. The molecule has 0 aliphatic carbocycles. The van der Waals surface area contributed by atoms with Gasteiger partial charge in [-0.2, -0.15) is 0 Å². The van der Waals surface area contributed by atoms with E-state index in [4.69, 9.17) is 9.47 Å². The molecule has 1 aromatic heterocycles. The molecule has 1 heterocycles. The minimum absolute atomic E-state index is 0.123. The number of methoxy groups -OCH3 is 1. The van der Waals surface area contributed by atoms with E-state index in [1.807, 2.05) is 18.2 Å². The average Bonchev–Trinajstić information content (AvgIpc) is 2.63. The van der Waals surface area contributed by atoms with E-state index in [-0.39, 0.29) is 11.4 Å². The van der Waals surface area contributed by atoms with Crippen LogP contribution in [0, 0.1) is 0 Å². The predicted octanol–water partition coefficient (Wildman–Crippen LogP) is 3.27. The molecule has 2 amide bonds. The van der Waals surface area contributed by atoms with Crippen LogP contribution in [-0.2, 0) is 12.0 Å². The summed E-state index contributed by atoms with van der Waals surface area (Å²) in [7, 11) is 1.56. The molecule has 6 heteroatoms. The summed E-state index contributed by atoms with van der Waals surface area (Å²) in [6, 6.07) is 11.4. The van der Waals surface area contributed by atoms with Gasteiger partial charge in [0, 0.05) is 18.8 Å². The number of pyridine rings is 1. The minimum Gasteiger partial charge on any atom is -0.492 e. The molecular weight excluding hydrogens is 330 g/mol. The second-order valence-electron chi connectivity index (χ2n) is 6.94. The van der Waals surface area contributed by atoms with Gasteiger partial charge in [0.1, 0.15) is 12.4 Å². The van der Waals surface area contributed by atoms with Crippen molar-refractivity contribution in [1.82, 2.24) is 15.6 Å². The fraction of sp³-hybridized carbons (Fsp3) is 0.400. The highest BCUT2D eigenvalue weighted by atomic mass is 16.5. The van der Waals surface area contributed by atoms with Crippen molar-refractivity contribution in [3.05, 3.63) is 53.7 Å². The first-order chi connectivity index (χ1) is 12.4. The molecule has 1 aromatic carbocycles. The molecule has 0 aliphatic heterocycles. The van der Waals surface area contributed by atoms with Crippen molar-refractivity contribution in [2.24, 2.45) is 0 Å². The Hall–Kier alpha value is -2.76. The lowest BCUT2D eigenvalue weighted by atomic mass is 9.87. The number of nitrogens with one attached hydrogen (secondary N) is 2. The topological polar surface area (TPSA) is 72.5 Å². The highest BCUT2D eigenvalue weighted by molar-refractivity contribution is 5.73. The molecule has 2 N–H and O–H groups in total. The molecule has 0 saturated carbocycles. The van der Waals surface area contributed by atoms with Crippen molar-refractivity contribution < 1.29 is 14.3 Å². The lowest BCUT2D eigenvalue weighted by molar-refractivity contribution is 0.236. The van der Waals surface area contributed by atoms with E-state index in [9.17, 15) is 4.79 Å². The second kappa shape index (κ2) is 9.08. The fourth-order valence-corrected chi connectivity index (χ4v) is 2.27. The number of hydrogen-bond acceptors (Lipinski definition) is 4. The third kappa shape index (κ3) is 6.27. The third-order valence-electron chi connectivity index (χ3n) is 3.84. The molecule has 140 valence electrons. The maximum absolute atomic E-state index is 11.8. The zero-order chi connectivity index (χ0) is 19.0. The minimum atomic E-state index is -0.243. The molecule has 0 bridgehead atoms. The highest BCUT2D eigenvalue weighted by Crippen LogP contribution is 2.24. The number of ether oxygens (including phenoxy) is 2. The maximum atomic E-state index is 11.8. The Balaban J connectivity index is 1.65. The van der Waals surface area contributed by atoms with Crippen molar-refractivity contribution in [3.8, 4) is 11.6 Å². The van der Waals surface area contributed by atoms with E-state index in [2.05, 4.69) is 48.5 Å². The first-order valence-corrected chi connectivity index (χ1v) is 8.62. The normalized spacial score (nSPS) is 10.9. The zero-order valence-electron chi connectivity index (χ0n) is 15.8. The molecule has 0 spiro atoms. The smallest absolute Gasteiger partial charge is 0.315 e. The largest absolute Gasteiger partial charge is 0.492 e. The van der Waals surface area contributed by atoms with Gasteiger partial charge in [-0.05, 0) is 28.7 Å². The predicted molar refractivity (Wildman–Crippen MR) is 102 cm³/mol. The van der Waals surface area contributed by atoms with E-state index < -0.39 is 0 Å². The molecule has 2 rings (SSSR count). The number of carbonyl (C=O) groups is 1. The molecule has 26 heavy (non-hydrogen) atoms. The van der Waals surface area contributed by atoms with E-state index in [1.54, 1.807) is 19.4 Å². The number of carbonyl (C=O) groups excluding carboxylic acids is 1. The van der Waals surface area contributed by atoms with Gasteiger partial charge < -0.3 is 20.1 Å². The first kappa shape index (κ1) is 19.6. The summed E-state index contributed by atoms with van der Waals surface area (Å²) in [6.07, 6.45) is 1.67. The summed E-state index contributed by atoms with van der Waals surface area (Å²) >= 11 is 0. The van der Waals surface area contributed by atoms with Crippen molar-refractivity contribution in [1.29, 1.82) is 0 Å². The average molecular weight is 357 g/mol. The summed E-state index contributed by atoms with van der Waals surface area (Å²) in [4.78, 5) is 15.9. The summed E-state index contributed by atoms with van der Waals surface area (Å²) in [6.45, 7) is 7.76. The van der Waals surface area contributed by atoms with Gasteiger partial charge in [-0.15, -0.1) is 0 Å². The SMILES string of the molecule is COc1ccc(CNC(=O)NCCOc2ccc(C(C)(C)C)cc2)cn1. The van der Waals surface area contributed by atoms with Gasteiger partial charge in [0.2, 0.25) is 5.88 Å². The van der Waals surface area contributed by atoms with Crippen LogP contribution < -0.4 is 20.1 Å². The summed E-state index contributed by atoms with van der Waals surface area (Å²) in [5.41, 5.74) is 2.28. The number of nitrogens with zero attached hydrogens (tertiary/aromatic N) is 1.